The summed E-state index contributed by atoms with van der Waals surface area (Å²) in [6, 6.07) is 6.52. The van der Waals surface area contributed by atoms with Crippen LogP contribution in [0, 0.1) is 12.7 Å². The summed E-state index contributed by atoms with van der Waals surface area (Å²) in [6.45, 7) is 8.31. The smallest absolute Gasteiger partial charge is 0.415 e. The summed E-state index contributed by atoms with van der Waals surface area (Å²) in [5, 5.41) is 0. The molecule has 1 aliphatic carbocycles. The highest BCUT2D eigenvalue weighted by Gasteiger charge is 2.38. The zero-order chi connectivity index (χ0) is 23.3. The van der Waals surface area contributed by atoms with Crippen LogP contribution in [0.3, 0.4) is 0 Å². The zero-order valence-corrected chi connectivity index (χ0v) is 19.3. The predicted octanol–water partition coefficient (Wildman–Crippen LogP) is 4.10. The van der Waals surface area contributed by atoms with Crippen molar-refractivity contribution in [3.05, 3.63) is 53.0 Å². The Hall–Kier alpha value is -3.16. The topological polar surface area (TPSA) is 66.0 Å². The van der Waals surface area contributed by atoms with Gasteiger partial charge >= 0.3 is 6.09 Å². The molecule has 2 aliphatic heterocycles. The number of benzene rings is 1. The maximum Gasteiger partial charge on any atom is 0.415 e. The summed E-state index contributed by atoms with van der Waals surface area (Å²) in [6.07, 6.45) is 3.97. The average Bonchev–Trinajstić information content (AvgIpc) is 3.58. The van der Waals surface area contributed by atoms with Crippen molar-refractivity contribution >= 4 is 23.5 Å². The molecule has 33 heavy (non-hydrogen) atoms. The van der Waals surface area contributed by atoms with Crippen LogP contribution in [0.2, 0.25) is 0 Å². The van der Waals surface area contributed by atoms with Gasteiger partial charge in [0, 0.05) is 32.4 Å². The highest BCUT2D eigenvalue weighted by molar-refractivity contribution is 5.96. The lowest BCUT2D eigenvalue weighted by molar-refractivity contribution is 0.0741. The van der Waals surface area contributed by atoms with Crippen LogP contribution in [0.15, 0.2) is 30.5 Å². The van der Waals surface area contributed by atoms with Crippen LogP contribution in [-0.4, -0.2) is 60.2 Å². The molecule has 0 spiro atoms. The number of amides is 2. The van der Waals surface area contributed by atoms with Crippen LogP contribution >= 0.6 is 0 Å². The number of anilines is 2. The van der Waals surface area contributed by atoms with E-state index in [0.717, 1.165) is 11.4 Å². The molecule has 8 heteroatoms. The first-order valence-corrected chi connectivity index (χ1v) is 11.5. The van der Waals surface area contributed by atoms with E-state index in [1.165, 1.54) is 35.4 Å². The molecule has 2 aromatic rings. The number of piperazine rings is 1. The number of aromatic nitrogens is 1. The minimum atomic E-state index is -0.634. The van der Waals surface area contributed by atoms with Crippen molar-refractivity contribution in [1.29, 1.82) is 0 Å². The van der Waals surface area contributed by atoms with Crippen molar-refractivity contribution in [3.63, 3.8) is 0 Å². The van der Waals surface area contributed by atoms with Crippen LogP contribution in [0.25, 0.3) is 0 Å². The molecule has 0 atom stereocenters. The number of hydrogen-bond donors (Lipinski definition) is 0. The maximum absolute atomic E-state index is 14.9. The average molecular weight is 453 g/mol. The summed E-state index contributed by atoms with van der Waals surface area (Å²) < 4.78 is 20.2. The van der Waals surface area contributed by atoms with E-state index in [-0.39, 0.29) is 11.5 Å². The summed E-state index contributed by atoms with van der Waals surface area (Å²) in [7, 11) is 0. The second-order valence-electron chi connectivity index (χ2n) is 9.84. The van der Waals surface area contributed by atoms with Crippen LogP contribution in [0.5, 0.6) is 0 Å². The quantitative estimate of drug-likeness (QED) is 0.699. The van der Waals surface area contributed by atoms with Crippen molar-refractivity contribution in [2.45, 2.75) is 45.1 Å². The van der Waals surface area contributed by atoms with Crippen molar-refractivity contribution < 1.29 is 18.7 Å². The second-order valence-corrected chi connectivity index (χ2v) is 9.84. The summed E-state index contributed by atoms with van der Waals surface area (Å²) in [4.78, 5) is 35.0. The fraction of sp³-hybridized carbons (Fsp3) is 0.480. The maximum atomic E-state index is 14.9. The van der Waals surface area contributed by atoms with E-state index in [4.69, 9.17) is 4.74 Å². The number of ether oxygens (including phenoxy) is 1. The number of nitrogens with zero attached hydrogens (tertiary/aromatic N) is 4. The summed E-state index contributed by atoms with van der Waals surface area (Å²) in [5.41, 5.74) is 2.24. The lowest BCUT2D eigenvalue weighted by Gasteiger charge is -2.36. The molecule has 7 nitrogen and oxygen atoms in total. The molecule has 0 unspecified atom stereocenters. The van der Waals surface area contributed by atoms with Gasteiger partial charge < -0.3 is 14.5 Å². The Kier molecular flexibility index (Phi) is 5.26. The van der Waals surface area contributed by atoms with Gasteiger partial charge in [-0.3, -0.25) is 9.69 Å². The van der Waals surface area contributed by atoms with Gasteiger partial charge in [0.2, 0.25) is 0 Å². The fourth-order valence-electron chi connectivity index (χ4n) is 4.66. The third-order valence-corrected chi connectivity index (χ3v) is 6.60. The molecule has 3 heterocycles. The summed E-state index contributed by atoms with van der Waals surface area (Å²) >= 11 is 0. The van der Waals surface area contributed by atoms with Gasteiger partial charge in [-0.05, 0) is 68.9 Å². The lowest BCUT2D eigenvalue weighted by atomic mass is 10.1. The molecule has 0 N–H and O–H groups in total. The van der Waals surface area contributed by atoms with Crippen molar-refractivity contribution in [1.82, 2.24) is 9.88 Å². The summed E-state index contributed by atoms with van der Waals surface area (Å²) in [5.74, 6) is 0.661. The van der Waals surface area contributed by atoms with Gasteiger partial charge in [0.1, 0.15) is 17.2 Å². The molecule has 5 rings (SSSR count). The van der Waals surface area contributed by atoms with Crippen molar-refractivity contribution in [2.75, 3.05) is 42.5 Å². The molecule has 2 saturated heterocycles. The third-order valence-electron chi connectivity index (χ3n) is 6.60. The Morgan fingerprint density at radius 3 is 2.45 bits per heavy atom. The van der Waals surface area contributed by atoms with Gasteiger partial charge in [-0.1, -0.05) is 6.07 Å². The Morgan fingerprint density at radius 2 is 1.88 bits per heavy atom. The minimum absolute atomic E-state index is 0.0158. The second kappa shape index (κ2) is 8.01. The largest absolute Gasteiger partial charge is 0.441 e. The van der Waals surface area contributed by atoms with Crippen LogP contribution in [-0.2, 0) is 4.74 Å². The lowest BCUT2D eigenvalue weighted by Crippen LogP contribution is -2.49. The molecule has 174 valence electrons. The van der Waals surface area contributed by atoms with Gasteiger partial charge in [-0.2, -0.15) is 0 Å². The van der Waals surface area contributed by atoms with Gasteiger partial charge in [-0.15, -0.1) is 0 Å². The molecular weight excluding hydrogens is 423 g/mol. The number of pyridine rings is 1. The van der Waals surface area contributed by atoms with E-state index in [0.29, 0.717) is 44.3 Å². The number of rotatable bonds is 4. The van der Waals surface area contributed by atoms with E-state index in [1.807, 2.05) is 6.20 Å². The van der Waals surface area contributed by atoms with Gasteiger partial charge in [0.25, 0.3) is 5.91 Å². The molecule has 1 aromatic carbocycles. The molecule has 3 fully saturated rings. The van der Waals surface area contributed by atoms with E-state index in [1.54, 1.807) is 24.8 Å². The van der Waals surface area contributed by atoms with E-state index >= 15 is 0 Å². The normalized spacial score (nSPS) is 20.2. The van der Waals surface area contributed by atoms with Gasteiger partial charge in [-0.25, -0.2) is 14.2 Å². The molecular formula is C25H29FN4O3. The standard InChI is InChI=1S/C25H29FN4O3/c1-16-12-18(17-4-5-17)14-27-22(16)28-8-10-29(11-9-28)23(31)20-7-6-19(13-21(20)26)30-15-25(2,3)33-24(30)32/h6-7,12-14,17H,4-5,8-11,15H2,1-3H3. The predicted molar refractivity (Wildman–Crippen MR) is 123 cm³/mol. The number of cyclic esters (lactones) is 1. The Balaban J connectivity index is 1.24. The van der Waals surface area contributed by atoms with E-state index < -0.39 is 17.5 Å². The molecule has 2 amide bonds. The molecule has 3 aliphatic rings. The highest BCUT2D eigenvalue weighted by Crippen LogP contribution is 2.40. The molecule has 0 radical (unpaired) electrons. The first-order chi connectivity index (χ1) is 15.7. The first-order valence-electron chi connectivity index (χ1n) is 11.5. The van der Waals surface area contributed by atoms with Crippen molar-refractivity contribution in [2.24, 2.45) is 0 Å². The Morgan fingerprint density at radius 1 is 1.15 bits per heavy atom. The molecule has 0 bridgehead atoms. The Bertz CT molecular complexity index is 1110. The van der Waals surface area contributed by atoms with E-state index in [9.17, 15) is 14.0 Å². The number of carbonyl (C=O) groups excluding carboxylic acids is 2. The first kappa shape index (κ1) is 21.7. The van der Waals surface area contributed by atoms with Gasteiger partial charge in [0.15, 0.2) is 0 Å². The highest BCUT2D eigenvalue weighted by atomic mass is 19.1. The van der Waals surface area contributed by atoms with Crippen LogP contribution < -0.4 is 9.80 Å². The molecule has 1 saturated carbocycles. The fourth-order valence-corrected chi connectivity index (χ4v) is 4.66. The number of aryl methyl sites for hydroxylation is 1. The van der Waals surface area contributed by atoms with Crippen LogP contribution in [0.1, 0.15) is 54.1 Å². The zero-order valence-electron chi connectivity index (χ0n) is 19.3. The van der Waals surface area contributed by atoms with Crippen LogP contribution in [0.4, 0.5) is 20.7 Å². The molecule has 1 aromatic heterocycles. The monoisotopic (exact) mass is 452 g/mol. The SMILES string of the molecule is Cc1cc(C2CC2)cnc1N1CCN(C(=O)c2ccc(N3CC(C)(C)OC3=O)cc2F)CC1. The minimum Gasteiger partial charge on any atom is -0.441 e. The van der Waals surface area contributed by atoms with Crippen molar-refractivity contribution in [3.8, 4) is 0 Å². The third kappa shape index (κ3) is 4.26. The number of carbonyl (C=O) groups is 2. The van der Waals surface area contributed by atoms with Gasteiger partial charge in [0.05, 0.1) is 17.8 Å². The number of hydrogen-bond acceptors (Lipinski definition) is 5. The van der Waals surface area contributed by atoms with E-state index in [2.05, 4.69) is 22.9 Å². The Labute approximate surface area is 193 Å². The number of halogens is 1.